The molecular formula is C13H24N2O3. The lowest BCUT2D eigenvalue weighted by molar-refractivity contribution is -0.143. The minimum Gasteiger partial charge on any atom is -0.481 e. The zero-order chi connectivity index (χ0) is 13.9. The summed E-state index contributed by atoms with van der Waals surface area (Å²) in [6.45, 7) is 7.16. The number of hydrogen-bond donors (Lipinski definition) is 1. The summed E-state index contributed by atoms with van der Waals surface area (Å²) in [6, 6.07) is 0.102. The molecule has 104 valence electrons. The average molecular weight is 256 g/mol. The highest BCUT2D eigenvalue weighted by molar-refractivity contribution is 5.76. The topological polar surface area (TPSA) is 60.9 Å². The van der Waals surface area contributed by atoms with Crippen molar-refractivity contribution < 1.29 is 14.7 Å². The van der Waals surface area contributed by atoms with Crippen LogP contribution < -0.4 is 0 Å². The number of carbonyl (C=O) groups is 2. The Hall–Kier alpha value is -1.26. The molecule has 0 saturated carbocycles. The lowest BCUT2D eigenvalue weighted by atomic mass is 9.98. The van der Waals surface area contributed by atoms with Crippen LogP contribution in [-0.4, -0.2) is 53.1 Å². The first-order chi connectivity index (χ1) is 8.34. The van der Waals surface area contributed by atoms with Gasteiger partial charge in [0.25, 0.3) is 0 Å². The fraction of sp³-hybridized carbons (Fsp3) is 0.846. The monoisotopic (exact) mass is 256 g/mol. The van der Waals surface area contributed by atoms with E-state index in [9.17, 15) is 9.59 Å². The van der Waals surface area contributed by atoms with E-state index in [-0.39, 0.29) is 12.1 Å². The van der Waals surface area contributed by atoms with Gasteiger partial charge in [-0.3, -0.25) is 4.79 Å². The van der Waals surface area contributed by atoms with E-state index in [1.165, 1.54) is 0 Å². The van der Waals surface area contributed by atoms with Crippen molar-refractivity contribution in [2.75, 3.05) is 20.1 Å². The SMILES string of the molecule is CC(C)C(C)N(C)C(=O)N1CCC[C@H](C(=O)O)C1. The van der Waals surface area contributed by atoms with Crippen molar-refractivity contribution in [3.63, 3.8) is 0 Å². The van der Waals surface area contributed by atoms with Gasteiger partial charge in [-0.2, -0.15) is 0 Å². The minimum absolute atomic E-state index is 0.0536. The maximum atomic E-state index is 12.3. The van der Waals surface area contributed by atoms with Gasteiger partial charge in [0.15, 0.2) is 0 Å². The number of hydrogen-bond acceptors (Lipinski definition) is 2. The summed E-state index contributed by atoms with van der Waals surface area (Å²) in [5.74, 6) is -0.823. The smallest absolute Gasteiger partial charge is 0.320 e. The fourth-order valence-corrected chi connectivity index (χ4v) is 2.20. The van der Waals surface area contributed by atoms with Crippen molar-refractivity contribution in [3.05, 3.63) is 0 Å². The molecule has 1 aliphatic rings. The second-order valence-corrected chi connectivity index (χ2v) is 5.50. The zero-order valence-electron chi connectivity index (χ0n) is 11.7. The Morgan fingerprint density at radius 1 is 1.33 bits per heavy atom. The normalized spacial score (nSPS) is 21.8. The molecule has 18 heavy (non-hydrogen) atoms. The number of rotatable bonds is 3. The Kier molecular flexibility index (Phi) is 4.99. The Labute approximate surface area is 109 Å². The first-order valence-electron chi connectivity index (χ1n) is 6.59. The molecule has 0 spiro atoms. The highest BCUT2D eigenvalue weighted by Gasteiger charge is 2.31. The number of nitrogens with zero attached hydrogens (tertiary/aromatic N) is 2. The Morgan fingerprint density at radius 3 is 2.44 bits per heavy atom. The van der Waals surface area contributed by atoms with Crippen LogP contribution in [0, 0.1) is 11.8 Å². The molecular weight excluding hydrogens is 232 g/mol. The fourth-order valence-electron chi connectivity index (χ4n) is 2.20. The first kappa shape index (κ1) is 14.8. The summed E-state index contributed by atoms with van der Waals surface area (Å²) in [7, 11) is 1.79. The van der Waals surface area contributed by atoms with Crippen LogP contribution in [-0.2, 0) is 4.79 Å². The molecule has 5 heteroatoms. The van der Waals surface area contributed by atoms with Crippen LogP contribution in [0.4, 0.5) is 4.79 Å². The number of carbonyl (C=O) groups excluding carboxylic acids is 1. The molecule has 1 aliphatic heterocycles. The lowest BCUT2D eigenvalue weighted by Crippen LogP contribution is -2.50. The van der Waals surface area contributed by atoms with Crippen molar-refractivity contribution in [2.24, 2.45) is 11.8 Å². The molecule has 5 nitrogen and oxygen atoms in total. The number of likely N-dealkylation sites (tertiary alicyclic amines) is 1. The van der Waals surface area contributed by atoms with Crippen LogP contribution in [0.1, 0.15) is 33.6 Å². The lowest BCUT2D eigenvalue weighted by Gasteiger charge is -2.37. The average Bonchev–Trinajstić information content (AvgIpc) is 2.36. The molecule has 2 atom stereocenters. The van der Waals surface area contributed by atoms with Gasteiger partial charge in [-0.05, 0) is 25.7 Å². The first-order valence-corrected chi connectivity index (χ1v) is 6.59. The van der Waals surface area contributed by atoms with E-state index < -0.39 is 11.9 Å². The van der Waals surface area contributed by atoms with Crippen LogP contribution in [0.15, 0.2) is 0 Å². The van der Waals surface area contributed by atoms with Crippen molar-refractivity contribution in [3.8, 4) is 0 Å². The summed E-state index contributed by atoms with van der Waals surface area (Å²) in [5, 5.41) is 9.02. The molecule has 0 aromatic rings. The van der Waals surface area contributed by atoms with Crippen molar-refractivity contribution in [1.29, 1.82) is 0 Å². The molecule has 1 N–H and O–H groups in total. The molecule has 2 amide bonds. The number of piperidine rings is 1. The summed E-state index contributed by atoms with van der Waals surface area (Å²) in [4.78, 5) is 26.6. The van der Waals surface area contributed by atoms with Crippen molar-refractivity contribution in [2.45, 2.75) is 39.7 Å². The molecule has 0 aliphatic carbocycles. The van der Waals surface area contributed by atoms with Crippen LogP contribution in [0.2, 0.25) is 0 Å². The molecule has 1 saturated heterocycles. The van der Waals surface area contributed by atoms with E-state index in [1.807, 2.05) is 6.92 Å². The number of carboxylic acid groups (broad SMARTS) is 1. The quantitative estimate of drug-likeness (QED) is 0.838. The van der Waals surface area contributed by atoms with E-state index in [0.717, 1.165) is 6.42 Å². The van der Waals surface area contributed by atoms with Gasteiger partial charge in [0.1, 0.15) is 0 Å². The number of carboxylic acids is 1. The second kappa shape index (κ2) is 6.07. The second-order valence-electron chi connectivity index (χ2n) is 5.50. The number of amides is 2. The number of urea groups is 1. The molecule has 1 rings (SSSR count). The van der Waals surface area contributed by atoms with Gasteiger partial charge >= 0.3 is 12.0 Å². The van der Waals surface area contributed by atoms with Crippen LogP contribution in [0.5, 0.6) is 0 Å². The third kappa shape index (κ3) is 3.37. The van der Waals surface area contributed by atoms with Gasteiger partial charge in [0.05, 0.1) is 5.92 Å². The highest BCUT2D eigenvalue weighted by atomic mass is 16.4. The van der Waals surface area contributed by atoms with Crippen LogP contribution in [0.3, 0.4) is 0 Å². The molecule has 0 aromatic carbocycles. The highest BCUT2D eigenvalue weighted by Crippen LogP contribution is 2.19. The van der Waals surface area contributed by atoms with Gasteiger partial charge in [0, 0.05) is 26.2 Å². The maximum absolute atomic E-state index is 12.3. The molecule has 0 radical (unpaired) electrons. The third-order valence-electron chi connectivity index (χ3n) is 3.92. The molecule has 1 fully saturated rings. The molecule has 1 unspecified atom stereocenters. The number of aliphatic carboxylic acids is 1. The summed E-state index contributed by atoms with van der Waals surface area (Å²) >= 11 is 0. The minimum atomic E-state index is -0.799. The van der Waals surface area contributed by atoms with Gasteiger partial charge < -0.3 is 14.9 Å². The Balaban J connectivity index is 2.63. The van der Waals surface area contributed by atoms with Crippen LogP contribution in [0.25, 0.3) is 0 Å². The standard InChI is InChI=1S/C13H24N2O3/c1-9(2)10(3)14(4)13(18)15-7-5-6-11(8-15)12(16)17/h9-11H,5-8H2,1-4H3,(H,16,17)/t10?,11-/m0/s1. The van der Waals surface area contributed by atoms with Crippen LogP contribution >= 0.6 is 0 Å². The van der Waals surface area contributed by atoms with Crippen molar-refractivity contribution in [1.82, 2.24) is 9.80 Å². The van der Waals surface area contributed by atoms with E-state index in [1.54, 1.807) is 16.8 Å². The van der Waals surface area contributed by atoms with Gasteiger partial charge in [-0.1, -0.05) is 13.8 Å². The van der Waals surface area contributed by atoms with Crippen molar-refractivity contribution >= 4 is 12.0 Å². The Morgan fingerprint density at radius 2 is 1.94 bits per heavy atom. The summed E-state index contributed by atoms with van der Waals surface area (Å²) in [5.41, 5.74) is 0. The summed E-state index contributed by atoms with van der Waals surface area (Å²) in [6.07, 6.45) is 1.44. The predicted octanol–water partition coefficient (Wildman–Crippen LogP) is 1.88. The van der Waals surface area contributed by atoms with Gasteiger partial charge in [0.2, 0.25) is 0 Å². The van der Waals surface area contributed by atoms with Gasteiger partial charge in [-0.25, -0.2) is 4.79 Å². The van der Waals surface area contributed by atoms with E-state index >= 15 is 0 Å². The summed E-state index contributed by atoms with van der Waals surface area (Å²) < 4.78 is 0. The predicted molar refractivity (Wildman–Crippen MR) is 69.4 cm³/mol. The maximum Gasteiger partial charge on any atom is 0.320 e. The van der Waals surface area contributed by atoms with E-state index in [0.29, 0.717) is 25.4 Å². The zero-order valence-corrected chi connectivity index (χ0v) is 11.7. The van der Waals surface area contributed by atoms with Gasteiger partial charge in [-0.15, -0.1) is 0 Å². The third-order valence-corrected chi connectivity index (χ3v) is 3.92. The molecule has 0 bridgehead atoms. The van der Waals surface area contributed by atoms with E-state index in [2.05, 4.69) is 13.8 Å². The largest absolute Gasteiger partial charge is 0.481 e. The molecule has 1 heterocycles. The molecule has 0 aromatic heterocycles. The Bertz CT molecular complexity index is 317. The van der Waals surface area contributed by atoms with E-state index in [4.69, 9.17) is 5.11 Å².